The lowest BCUT2D eigenvalue weighted by atomic mass is 9.47. The molecule has 1 unspecified atom stereocenters. The fourth-order valence-corrected chi connectivity index (χ4v) is 10.8. The van der Waals surface area contributed by atoms with E-state index in [2.05, 4.69) is 45.7 Å². The van der Waals surface area contributed by atoms with E-state index in [1.54, 1.807) is 30.1 Å². The third-order valence-electron chi connectivity index (χ3n) is 13.5. The van der Waals surface area contributed by atoms with Gasteiger partial charge in [0.15, 0.2) is 0 Å². The molecule has 1 aromatic heterocycles. The molecule has 0 aromatic carbocycles. The van der Waals surface area contributed by atoms with Gasteiger partial charge in [0.2, 0.25) is 0 Å². The first-order chi connectivity index (χ1) is 22.6. The maximum absolute atomic E-state index is 12.8. The molecule has 4 aliphatic rings. The van der Waals surface area contributed by atoms with Crippen molar-refractivity contribution < 1.29 is 19.1 Å². The Hall–Kier alpha value is -2.17. The van der Waals surface area contributed by atoms with Gasteiger partial charge in [-0.1, -0.05) is 91.2 Å². The normalized spacial score (nSPS) is 32.1. The maximum atomic E-state index is 12.8. The summed E-state index contributed by atoms with van der Waals surface area (Å²) >= 11 is 0. The Kier molecular flexibility index (Phi) is 12.7. The number of fused-ring (bicyclic) bond motifs is 5. The molecule has 1 heterocycles. The summed E-state index contributed by atoms with van der Waals surface area (Å²) in [6, 6.07) is 3.39. The van der Waals surface area contributed by atoms with Gasteiger partial charge in [0.1, 0.15) is 11.9 Å². The number of nitrogens with zero attached hydrogens (tertiary/aromatic N) is 1. The van der Waals surface area contributed by atoms with E-state index in [0.29, 0.717) is 29.4 Å². The van der Waals surface area contributed by atoms with Crippen molar-refractivity contribution in [3.05, 3.63) is 36.2 Å². The predicted octanol–water partition coefficient (Wildman–Crippen LogP) is 11.1. The van der Waals surface area contributed by atoms with Crippen LogP contribution >= 0.6 is 0 Å². The van der Waals surface area contributed by atoms with Gasteiger partial charge in [0, 0.05) is 31.7 Å². The summed E-state index contributed by atoms with van der Waals surface area (Å²) in [4.78, 5) is 28.7. The second-order valence-corrected chi connectivity index (χ2v) is 16.9. The maximum Gasteiger partial charge on any atom is 0.311 e. The minimum atomic E-state index is -0.188. The van der Waals surface area contributed by atoms with Crippen molar-refractivity contribution in [1.82, 2.24) is 4.98 Å². The van der Waals surface area contributed by atoms with Crippen LogP contribution in [0, 0.1) is 46.3 Å². The van der Waals surface area contributed by atoms with Crippen LogP contribution < -0.4 is 4.74 Å². The zero-order chi connectivity index (χ0) is 33.4. The molecule has 0 saturated heterocycles. The first-order valence-electron chi connectivity index (χ1n) is 19.6. The summed E-state index contributed by atoms with van der Waals surface area (Å²) in [7, 11) is 0. The fraction of sp³-hybridized carbons (Fsp3) is 0.786. The minimum Gasteiger partial charge on any atom is -0.462 e. The molecule has 0 bridgehead atoms. The monoisotopic (exact) mass is 647 g/mol. The highest BCUT2D eigenvalue weighted by Gasteiger charge is 2.59. The molecule has 3 fully saturated rings. The van der Waals surface area contributed by atoms with Crippen LogP contribution in [0.1, 0.15) is 157 Å². The van der Waals surface area contributed by atoms with Crippen LogP contribution in [0.15, 0.2) is 36.2 Å². The van der Waals surface area contributed by atoms with Gasteiger partial charge in [0.25, 0.3) is 0 Å². The van der Waals surface area contributed by atoms with Gasteiger partial charge in [-0.25, -0.2) is 0 Å². The topological polar surface area (TPSA) is 65.5 Å². The Bertz CT molecular complexity index is 1190. The first kappa shape index (κ1) is 36.1. The number of hydrogen-bond donors (Lipinski definition) is 0. The van der Waals surface area contributed by atoms with Gasteiger partial charge in [-0.15, -0.1) is 0 Å². The standard InChI is InChI=1S/C42H65NO4/c1-30(2)13-12-14-31(3)36-19-20-37-35-18-17-32-29-34(21-25-41(32,4)38(35)22-26-42(36,37)5)47-40(45)16-11-9-7-6-8-10-15-39(44)46-33-23-27-43-28-24-33/h17,23-24,27-28,30-31,34-38H,6-16,18-22,25-26,29H2,1-5H3/t31-,34?,35+,36-,37+,38+,41+,42-/m1/s1. The Balaban J connectivity index is 0.997. The minimum absolute atomic E-state index is 0.0142. The molecule has 47 heavy (non-hydrogen) atoms. The Morgan fingerprint density at radius 3 is 2.26 bits per heavy atom. The predicted molar refractivity (Wildman–Crippen MR) is 190 cm³/mol. The van der Waals surface area contributed by atoms with Crippen molar-refractivity contribution in [1.29, 1.82) is 0 Å². The third-order valence-corrected chi connectivity index (χ3v) is 13.5. The van der Waals surface area contributed by atoms with E-state index < -0.39 is 0 Å². The first-order valence-corrected chi connectivity index (χ1v) is 19.6. The summed E-state index contributed by atoms with van der Waals surface area (Å²) in [6.45, 7) is 12.6. The molecule has 4 aliphatic carbocycles. The number of allylic oxidation sites excluding steroid dienone is 1. The highest BCUT2D eigenvalue weighted by molar-refractivity contribution is 5.72. The quantitative estimate of drug-likeness (QED) is 0.101. The number of ether oxygens (including phenoxy) is 2. The lowest BCUT2D eigenvalue weighted by Crippen LogP contribution is -2.51. The van der Waals surface area contributed by atoms with Crippen LogP contribution in [-0.2, 0) is 14.3 Å². The largest absolute Gasteiger partial charge is 0.462 e. The lowest BCUT2D eigenvalue weighted by molar-refractivity contribution is -0.151. The highest BCUT2D eigenvalue weighted by atomic mass is 16.5. The molecule has 1 aromatic rings. The van der Waals surface area contributed by atoms with Crippen molar-refractivity contribution in [3.8, 4) is 5.75 Å². The van der Waals surface area contributed by atoms with Gasteiger partial charge in [-0.05, 0) is 116 Å². The van der Waals surface area contributed by atoms with Gasteiger partial charge >= 0.3 is 11.9 Å². The molecule has 0 radical (unpaired) electrons. The second kappa shape index (κ2) is 16.5. The summed E-state index contributed by atoms with van der Waals surface area (Å²) in [5.41, 5.74) is 2.43. The number of esters is 2. The molecule has 0 aliphatic heterocycles. The molecular formula is C42H65NO4. The molecule has 0 spiro atoms. The molecule has 5 nitrogen and oxygen atoms in total. The second-order valence-electron chi connectivity index (χ2n) is 16.9. The molecule has 5 heteroatoms. The Morgan fingerprint density at radius 1 is 0.830 bits per heavy atom. The van der Waals surface area contributed by atoms with Crippen molar-refractivity contribution in [2.45, 2.75) is 163 Å². The fourth-order valence-electron chi connectivity index (χ4n) is 10.8. The number of carbonyl (C=O) groups is 2. The molecule has 0 amide bonds. The SMILES string of the molecule is CC(C)CCC[C@@H](C)[C@H]1CC[C@H]2[C@@H]3CC=C4CC(OC(=O)CCCCCCCCC(=O)Oc5ccncc5)CC[C@]4(C)[C@H]3CC[C@]12C. The number of rotatable bonds is 16. The van der Waals surface area contributed by atoms with E-state index in [1.165, 1.54) is 57.8 Å². The van der Waals surface area contributed by atoms with E-state index >= 15 is 0 Å². The summed E-state index contributed by atoms with van der Waals surface area (Å²) < 4.78 is 11.4. The van der Waals surface area contributed by atoms with Crippen LogP contribution in [0.3, 0.4) is 0 Å². The number of aromatic nitrogens is 1. The van der Waals surface area contributed by atoms with Crippen LogP contribution in [-0.4, -0.2) is 23.0 Å². The lowest BCUT2D eigenvalue weighted by Gasteiger charge is -2.58. The Labute approximate surface area is 286 Å². The van der Waals surface area contributed by atoms with Crippen LogP contribution in [0.4, 0.5) is 0 Å². The zero-order valence-electron chi connectivity index (χ0n) is 30.4. The van der Waals surface area contributed by atoms with Crippen molar-refractivity contribution in [2.24, 2.45) is 46.3 Å². The van der Waals surface area contributed by atoms with Crippen molar-refractivity contribution in [2.75, 3.05) is 0 Å². The number of pyridine rings is 1. The van der Waals surface area contributed by atoms with Crippen molar-refractivity contribution >= 4 is 11.9 Å². The summed E-state index contributed by atoms with van der Waals surface area (Å²) in [6.07, 6.45) is 27.1. The van der Waals surface area contributed by atoms with Crippen LogP contribution in [0.5, 0.6) is 5.75 Å². The van der Waals surface area contributed by atoms with E-state index in [9.17, 15) is 9.59 Å². The van der Waals surface area contributed by atoms with Crippen LogP contribution in [0.25, 0.3) is 0 Å². The number of carbonyl (C=O) groups excluding carboxylic acids is 2. The average molecular weight is 648 g/mol. The van der Waals surface area contributed by atoms with E-state index in [0.717, 1.165) is 86.9 Å². The van der Waals surface area contributed by atoms with E-state index in [1.807, 2.05) is 0 Å². The van der Waals surface area contributed by atoms with Crippen molar-refractivity contribution in [3.63, 3.8) is 0 Å². The molecule has 3 saturated carbocycles. The van der Waals surface area contributed by atoms with Gasteiger partial charge in [-0.2, -0.15) is 0 Å². The van der Waals surface area contributed by atoms with Crippen LogP contribution in [0.2, 0.25) is 0 Å². The highest BCUT2D eigenvalue weighted by Crippen LogP contribution is 2.67. The van der Waals surface area contributed by atoms with E-state index in [4.69, 9.17) is 9.47 Å². The average Bonchev–Trinajstić information content (AvgIpc) is 3.40. The molecule has 262 valence electrons. The smallest absolute Gasteiger partial charge is 0.311 e. The van der Waals surface area contributed by atoms with E-state index in [-0.39, 0.29) is 18.0 Å². The molecule has 8 atom stereocenters. The third kappa shape index (κ3) is 8.90. The summed E-state index contributed by atoms with van der Waals surface area (Å²) in [5, 5.41) is 0. The molecule has 0 N–H and O–H groups in total. The van der Waals surface area contributed by atoms with Gasteiger partial charge in [0.05, 0.1) is 0 Å². The van der Waals surface area contributed by atoms with Gasteiger partial charge in [-0.3, -0.25) is 14.6 Å². The molecule has 5 rings (SSSR count). The van der Waals surface area contributed by atoms with Gasteiger partial charge < -0.3 is 9.47 Å². The summed E-state index contributed by atoms with van der Waals surface area (Å²) in [5.74, 6) is 5.47. The number of unbranched alkanes of at least 4 members (excludes halogenated alkanes) is 5. The number of hydrogen-bond acceptors (Lipinski definition) is 5. The molecular weight excluding hydrogens is 582 g/mol. The Morgan fingerprint density at radius 2 is 1.53 bits per heavy atom. The zero-order valence-corrected chi connectivity index (χ0v) is 30.4.